The number of aryl methyl sites for hydroxylation is 2. The van der Waals surface area contributed by atoms with Crippen molar-refractivity contribution in [1.29, 1.82) is 0 Å². The SMILES string of the molecule is C=C/C=C\C=C(/C)c1c2ccccc2c(-c2cc(-c3cccc(C)c3)cc(-c3cccc(C)c3)c2)c2ccccc12. The third-order valence-electron chi connectivity index (χ3n) is 7.84. The molecule has 0 aliphatic heterocycles. The normalized spacial score (nSPS) is 11.9. The average Bonchev–Trinajstić information content (AvgIpc) is 2.99. The summed E-state index contributed by atoms with van der Waals surface area (Å²) >= 11 is 0. The van der Waals surface area contributed by atoms with E-state index in [2.05, 4.69) is 155 Å². The Morgan fingerprint density at radius 3 is 1.49 bits per heavy atom. The third kappa shape index (κ3) is 5.17. The number of fused-ring (bicyclic) bond motifs is 2. The van der Waals surface area contributed by atoms with Crippen LogP contribution in [0.2, 0.25) is 0 Å². The maximum absolute atomic E-state index is 3.83. The molecule has 0 aromatic heterocycles. The Kier molecular flexibility index (Phi) is 7.23. The summed E-state index contributed by atoms with van der Waals surface area (Å²) in [5.74, 6) is 0. The minimum Gasteiger partial charge on any atom is -0.0991 e. The Morgan fingerprint density at radius 2 is 1.00 bits per heavy atom. The van der Waals surface area contributed by atoms with E-state index >= 15 is 0 Å². The van der Waals surface area contributed by atoms with Crippen LogP contribution >= 0.6 is 0 Å². The zero-order chi connectivity index (χ0) is 28.3. The third-order valence-corrected chi connectivity index (χ3v) is 7.84. The summed E-state index contributed by atoms with van der Waals surface area (Å²) in [6.07, 6.45) is 8.05. The lowest BCUT2D eigenvalue weighted by Gasteiger charge is -2.19. The van der Waals surface area contributed by atoms with Crippen LogP contribution in [0.3, 0.4) is 0 Å². The monoisotopic (exact) mass is 526 g/mol. The second-order valence-electron chi connectivity index (χ2n) is 10.8. The Hall–Kier alpha value is -4.94. The molecule has 6 aromatic carbocycles. The van der Waals surface area contributed by atoms with Crippen LogP contribution in [0, 0.1) is 13.8 Å². The number of benzene rings is 6. The molecule has 6 rings (SSSR count). The van der Waals surface area contributed by atoms with E-state index in [0.717, 1.165) is 0 Å². The molecule has 0 amide bonds. The van der Waals surface area contributed by atoms with E-state index in [1.165, 1.54) is 77.2 Å². The number of rotatable bonds is 6. The van der Waals surface area contributed by atoms with Gasteiger partial charge in [-0.15, -0.1) is 0 Å². The van der Waals surface area contributed by atoms with Crippen molar-refractivity contribution in [2.75, 3.05) is 0 Å². The minimum absolute atomic E-state index is 1.23. The molecule has 0 aliphatic carbocycles. The predicted octanol–water partition coefficient (Wildman–Crippen LogP) is 11.8. The van der Waals surface area contributed by atoms with Gasteiger partial charge in [0.2, 0.25) is 0 Å². The molecule has 0 atom stereocenters. The molecular weight excluding hydrogens is 492 g/mol. The Bertz CT molecular complexity index is 1860. The van der Waals surface area contributed by atoms with Crippen LogP contribution in [0.15, 0.2) is 146 Å². The molecule has 0 saturated carbocycles. The van der Waals surface area contributed by atoms with Crippen molar-refractivity contribution in [1.82, 2.24) is 0 Å². The number of allylic oxidation sites excluding steroid dienone is 5. The van der Waals surface area contributed by atoms with Crippen LogP contribution in [0.25, 0.3) is 60.5 Å². The quantitative estimate of drug-likeness (QED) is 0.149. The first-order valence-corrected chi connectivity index (χ1v) is 14.2. The molecule has 0 aliphatic rings. The summed E-state index contributed by atoms with van der Waals surface area (Å²) in [5.41, 5.74) is 12.5. The first-order valence-electron chi connectivity index (χ1n) is 14.2. The van der Waals surface area contributed by atoms with Gasteiger partial charge in [0.1, 0.15) is 0 Å². The van der Waals surface area contributed by atoms with Crippen molar-refractivity contribution >= 4 is 27.1 Å². The highest BCUT2D eigenvalue weighted by Crippen LogP contribution is 2.43. The van der Waals surface area contributed by atoms with Crippen LogP contribution in [0.4, 0.5) is 0 Å². The van der Waals surface area contributed by atoms with E-state index in [1.807, 2.05) is 12.2 Å². The fraction of sp³-hybridized carbons (Fsp3) is 0.0732. The van der Waals surface area contributed by atoms with Crippen LogP contribution < -0.4 is 0 Å². The zero-order valence-electron chi connectivity index (χ0n) is 24.0. The van der Waals surface area contributed by atoms with Crippen LogP contribution in [0.5, 0.6) is 0 Å². The molecular formula is C41H34. The molecule has 0 nitrogen and oxygen atoms in total. The smallest absolute Gasteiger partial charge is 0.00259 e. The predicted molar refractivity (Wildman–Crippen MR) is 180 cm³/mol. The lowest BCUT2D eigenvalue weighted by molar-refractivity contribution is 1.46. The minimum atomic E-state index is 1.23. The van der Waals surface area contributed by atoms with Crippen molar-refractivity contribution in [3.8, 4) is 33.4 Å². The Morgan fingerprint density at radius 1 is 0.512 bits per heavy atom. The van der Waals surface area contributed by atoms with Crippen molar-refractivity contribution in [2.45, 2.75) is 20.8 Å². The lowest BCUT2D eigenvalue weighted by atomic mass is 9.84. The molecule has 198 valence electrons. The van der Waals surface area contributed by atoms with Gasteiger partial charge in [-0.25, -0.2) is 0 Å². The first-order chi connectivity index (χ1) is 20.0. The summed E-state index contributed by atoms with van der Waals surface area (Å²) in [4.78, 5) is 0. The molecule has 0 unspecified atom stereocenters. The van der Waals surface area contributed by atoms with Gasteiger partial charge in [0.05, 0.1) is 0 Å². The van der Waals surface area contributed by atoms with Crippen molar-refractivity contribution < 1.29 is 0 Å². The van der Waals surface area contributed by atoms with Crippen molar-refractivity contribution in [2.24, 2.45) is 0 Å². The maximum Gasteiger partial charge on any atom is -0.00259 e. The van der Waals surface area contributed by atoms with E-state index in [4.69, 9.17) is 0 Å². The fourth-order valence-corrected chi connectivity index (χ4v) is 5.98. The van der Waals surface area contributed by atoms with E-state index in [-0.39, 0.29) is 0 Å². The summed E-state index contributed by atoms with van der Waals surface area (Å²) in [5, 5.41) is 5.05. The topological polar surface area (TPSA) is 0 Å². The van der Waals surface area contributed by atoms with Gasteiger partial charge in [0.15, 0.2) is 0 Å². The van der Waals surface area contributed by atoms with Crippen molar-refractivity contribution in [3.05, 3.63) is 163 Å². The number of hydrogen-bond acceptors (Lipinski definition) is 0. The molecule has 0 radical (unpaired) electrons. The second-order valence-corrected chi connectivity index (χ2v) is 10.8. The van der Waals surface area contributed by atoms with Gasteiger partial charge in [-0.3, -0.25) is 0 Å². The summed E-state index contributed by atoms with van der Waals surface area (Å²) < 4.78 is 0. The van der Waals surface area contributed by atoms with Crippen molar-refractivity contribution in [3.63, 3.8) is 0 Å². The number of hydrogen-bond donors (Lipinski definition) is 0. The highest BCUT2D eigenvalue weighted by Gasteiger charge is 2.17. The van der Waals surface area contributed by atoms with Crippen LogP contribution in [-0.4, -0.2) is 0 Å². The summed E-state index contributed by atoms with van der Waals surface area (Å²) in [6.45, 7) is 10.4. The standard InChI is InChI=1S/C41H34/c1-5-6-7-16-30(4)40-36-19-8-10-21-38(36)41(39-22-11-9-20-37(39)40)35-26-33(31-17-12-14-28(2)23-31)25-34(27-35)32-18-13-15-29(3)24-32/h5-27H,1H2,2-4H3/b7-6-,30-16+. The van der Waals surface area contributed by atoms with E-state index < -0.39 is 0 Å². The maximum atomic E-state index is 3.83. The molecule has 0 saturated heterocycles. The van der Waals surface area contributed by atoms with Gasteiger partial charge >= 0.3 is 0 Å². The van der Waals surface area contributed by atoms with Gasteiger partial charge < -0.3 is 0 Å². The molecule has 6 aromatic rings. The summed E-state index contributed by atoms with van der Waals surface area (Å²) in [6, 6.07) is 42.4. The van der Waals surface area contributed by atoms with Gasteiger partial charge in [0.25, 0.3) is 0 Å². The molecule has 0 heteroatoms. The molecule has 0 fully saturated rings. The Labute approximate surface area is 243 Å². The molecule has 0 spiro atoms. The lowest BCUT2D eigenvalue weighted by Crippen LogP contribution is -1.93. The van der Waals surface area contributed by atoms with E-state index in [0.29, 0.717) is 0 Å². The highest BCUT2D eigenvalue weighted by atomic mass is 14.2. The highest BCUT2D eigenvalue weighted by molar-refractivity contribution is 6.19. The Balaban J connectivity index is 1.71. The summed E-state index contributed by atoms with van der Waals surface area (Å²) in [7, 11) is 0. The second kappa shape index (κ2) is 11.3. The van der Waals surface area contributed by atoms with Crippen LogP contribution in [0.1, 0.15) is 23.6 Å². The molecule has 41 heavy (non-hydrogen) atoms. The first kappa shape index (κ1) is 26.3. The van der Waals surface area contributed by atoms with Gasteiger partial charge in [-0.1, -0.05) is 139 Å². The molecule has 0 bridgehead atoms. The van der Waals surface area contributed by atoms with E-state index in [1.54, 1.807) is 0 Å². The van der Waals surface area contributed by atoms with Gasteiger partial charge in [0, 0.05) is 0 Å². The average molecular weight is 527 g/mol. The molecule has 0 heterocycles. The fourth-order valence-electron chi connectivity index (χ4n) is 5.98. The zero-order valence-corrected chi connectivity index (χ0v) is 24.0. The van der Waals surface area contributed by atoms with E-state index in [9.17, 15) is 0 Å². The van der Waals surface area contributed by atoms with Gasteiger partial charge in [-0.2, -0.15) is 0 Å². The van der Waals surface area contributed by atoms with Gasteiger partial charge in [-0.05, 0) is 105 Å². The largest absolute Gasteiger partial charge is 0.0991 e. The van der Waals surface area contributed by atoms with Crippen LogP contribution in [-0.2, 0) is 0 Å². The molecule has 0 N–H and O–H groups in total.